The number of methoxy groups -OCH3 is 1. The van der Waals surface area contributed by atoms with E-state index in [1.54, 1.807) is 7.11 Å². The van der Waals surface area contributed by atoms with Crippen molar-refractivity contribution in [1.29, 1.82) is 0 Å². The molecule has 0 atom stereocenters. The number of hydrogen-bond acceptors (Lipinski definition) is 3. The summed E-state index contributed by atoms with van der Waals surface area (Å²) in [6, 6.07) is 7.88. The molecule has 1 fully saturated rings. The van der Waals surface area contributed by atoms with Crippen LogP contribution in [0.15, 0.2) is 30.3 Å². The van der Waals surface area contributed by atoms with Gasteiger partial charge in [-0.3, -0.25) is 4.79 Å². The average molecular weight is 274 g/mol. The Balaban J connectivity index is 1.88. The zero-order chi connectivity index (χ0) is 14.4. The summed E-state index contributed by atoms with van der Waals surface area (Å²) in [4.78, 5) is 11.1. The summed E-state index contributed by atoms with van der Waals surface area (Å²) in [6.07, 6.45) is 7.73. The third kappa shape index (κ3) is 3.61. The van der Waals surface area contributed by atoms with Crippen LogP contribution in [0, 0.1) is 0 Å². The largest absolute Gasteiger partial charge is 0.496 e. The maximum absolute atomic E-state index is 11.1. The molecule has 108 valence electrons. The van der Waals surface area contributed by atoms with Crippen molar-refractivity contribution in [2.45, 2.75) is 31.2 Å². The van der Waals surface area contributed by atoms with E-state index in [-0.39, 0.29) is 11.4 Å². The van der Waals surface area contributed by atoms with Gasteiger partial charge < -0.3 is 15.8 Å². The summed E-state index contributed by atoms with van der Waals surface area (Å²) in [6.45, 7) is 0.728. The number of nitrogens with two attached hydrogens (primary N) is 1. The summed E-state index contributed by atoms with van der Waals surface area (Å²) in [5.41, 5.74) is 6.29. The molecular weight excluding hydrogens is 252 g/mol. The molecule has 20 heavy (non-hydrogen) atoms. The molecule has 0 radical (unpaired) electrons. The number of rotatable bonds is 7. The smallest absolute Gasteiger partial charge is 0.219 e. The van der Waals surface area contributed by atoms with Crippen molar-refractivity contribution in [1.82, 2.24) is 5.32 Å². The summed E-state index contributed by atoms with van der Waals surface area (Å²) < 4.78 is 5.30. The second-order valence-electron chi connectivity index (χ2n) is 5.30. The molecule has 0 aromatic heterocycles. The van der Waals surface area contributed by atoms with Crippen molar-refractivity contribution in [3.63, 3.8) is 0 Å². The maximum Gasteiger partial charge on any atom is 0.219 e. The predicted octanol–water partition coefficient (Wildman–Crippen LogP) is 2.10. The van der Waals surface area contributed by atoms with Crippen molar-refractivity contribution in [3.05, 3.63) is 35.9 Å². The molecule has 0 saturated heterocycles. The Bertz CT molecular complexity index is 493. The highest BCUT2D eigenvalue weighted by Gasteiger charge is 2.37. The van der Waals surface area contributed by atoms with Gasteiger partial charge in [-0.25, -0.2) is 0 Å². The molecule has 0 spiro atoms. The van der Waals surface area contributed by atoms with Crippen molar-refractivity contribution in [2.75, 3.05) is 13.7 Å². The van der Waals surface area contributed by atoms with Gasteiger partial charge >= 0.3 is 0 Å². The first kappa shape index (κ1) is 14.6. The van der Waals surface area contributed by atoms with E-state index in [1.807, 2.05) is 30.3 Å². The van der Waals surface area contributed by atoms with E-state index in [9.17, 15) is 4.79 Å². The Hall–Kier alpha value is -1.81. The highest BCUT2D eigenvalue weighted by atomic mass is 16.5. The molecule has 1 aromatic rings. The molecular formula is C16H22N2O2. The number of hydrogen-bond donors (Lipinski definition) is 2. The van der Waals surface area contributed by atoms with E-state index in [2.05, 4.69) is 11.4 Å². The van der Waals surface area contributed by atoms with Gasteiger partial charge in [0.05, 0.1) is 7.11 Å². The molecule has 0 heterocycles. The van der Waals surface area contributed by atoms with E-state index in [0.29, 0.717) is 6.42 Å². The number of ether oxygens (including phenoxy) is 1. The van der Waals surface area contributed by atoms with Gasteiger partial charge in [0.25, 0.3) is 0 Å². The lowest BCUT2D eigenvalue weighted by Gasteiger charge is -2.42. The predicted molar refractivity (Wildman–Crippen MR) is 80.4 cm³/mol. The Labute approximate surface area is 120 Å². The van der Waals surface area contributed by atoms with Crippen molar-refractivity contribution in [3.8, 4) is 5.75 Å². The van der Waals surface area contributed by atoms with Crippen LogP contribution in [0.4, 0.5) is 0 Å². The second-order valence-corrected chi connectivity index (χ2v) is 5.30. The van der Waals surface area contributed by atoms with Crippen LogP contribution in [0.1, 0.15) is 31.2 Å². The monoisotopic (exact) mass is 274 g/mol. The summed E-state index contributed by atoms with van der Waals surface area (Å²) in [5.74, 6) is 0.630. The van der Waals surface area contributed by atoms with Gasteiger partial charge in [0.15, 0.2) is 0 Å². The molecule has 0 bridgehead atoms. The minimum absolute atomic E-state index is 0.0725. The molecule has 1 aliphatic carbocycles. The molecule has 3 N–H and O–H groups in total. The standard InChI is InChI=1S/C16H22N2O2/c1-20-14-8-3-2-6-13(14)7-4-11-18-16(9-5-10-16)12-15(17)19/h2-4,6-8,18H,5,9-12H2,1H3,(H2,17,19). The third-order valence-corrected chi connectivity index (χ3v) is 3.85. The lowest BCUT2D eigenvalue weighted by Crippen LogP contribution is -2.53. The lowest BCUT2D eigenvalue weighted by atomic mass is 9.74. The fourth-order valence-corrected chi connectivity index (χ4v) is 2.62. The fourth-order valence-electron chi connectivity index (χ4n) is 2.62. The molecule has 4 heteroatoms. The number of amides is 1. The third-order valence-electron chi connectivity index (χ3n) is 3.85. The quantitative estimate of drug-likeness (QED) is 0.800. The van der Waals surface area contributed by atoms with Gasteiger partial charge in [0, 0.05) is 24.1 Å². The van der Waals surface area contributed by atoms with Crippen LogP contribution < -0.4 is 15.8 Å². The van der Waals surface area contributed by atoms with Crippen LogP contribution in [0.5, 0.6) is 5.75 Å². The van der Waals surface area contributed by atoms with E-state index < -0.39 is 0 Å². The summed E-state index contributed by atoms with van der Waals surface area (Å²) >= 11 is 0. The Morgan fingerprint density at radius 3 is 2.80 bits per heavy atom. The molecule has 4 nitrogen and oxygen atoms in total. The zero-order valence-electron chi connectivity index (χ0n) is 11.9. The molecule has 0 unspecified atom stereocenters. The maximum atomic E-state index is 11.1. The molecule has 1 saturated carbocycles. The minimum atomic E-state index is -0.231. The SMILES string of the molecule is COc1ccccc1C=CCNC1(CC(N)=O)CCC1. The minimum Gasteiger partial charge on any atom is -0.496 e. The van der Waals surface area contributed by atoms with Gasteiger partial charge in [-0.1, -0.05) is 30.4 Å². The number of primary amides is 1. The van der Waals surface area contributed by atoms with Crippen LogP contribution in [-0.2, 0) is 4.79 Å². The molecule has 1 aromatic carbocycles. The molecule has 2 rings (SSSR count). The van der Waals surface area contributed by atoms with Crippen LogP contribution >= 0.6 is 0 Å². The average Bonchev–Trinajstić information content (AvgIpc) is 2.40. The second kappa shape index (κ2) is 6.57. The van der Waals surface area contributed by atoms with Gasteiger partial charge in [0.2, 0.25) is 5.91 Å². The van der Waals surface area contributed by atoms with Gasteiger partial charge in [-0.05, 0) is 25.3 Å². The van der Waals surface area contributed by atoms with Crippen molar-refractivity contribution in [2.24, 2.45) is 5.73 Å². The Kier molecular flexibility index (Phi) is 4.79. The van der Waals surface area contributed by atoms with Gasteiger partial charge in [-0.15, -0.1) is 0 Å². The van der Waals surface area contributed by atoms with Crippen LogP contribution in [0.3, 0.4) is 0 Å². The zero-order valence-corrected chi connectivity index (χ0v) is 11.9. The van der Waals surface area contributed by atoms with E-state index >= 15 is 0 Å². The first-order chi connectivity index (χ1) is 9.65. The summed E-state index contributed by atoms with van der Waals surface area (Å²) in [5, 5.41) is 3.44. The van der Waals surface area contributed by atoms with Crippen LogP contribution in [0.25, 0.3) is 6.08 Å². The van der Waals surface area contributed by atoms with E-state index in [1.165, 1.54) is 0 Å². The van der Waals surface area contributed by atoms with E-state index in [4.69, 9.17) is 10.5 Å². The highest BCUT2D eigenvalue weighted by Crippen LogP contribution is 2.34. The lowest BCUT2D eigenvalue weighted by molar-refractivity contribution is -0.120. The van der Waals surface area contributed by atoms with Crippen molar-refractivity contribution < 1.29 is 9.53 Å². The van der Waals surface area contributed by atoms with Gasteiger partial charge in [0.1, 0.15) is 5.75 Å². The number of benzene rings is 1. The fraction of sp³-hybridized carbons (Fsp3) is 0.438. The van der Waals surface area contributed by atoms with Crippen molar-refractivity contribution >= 4 is 12.0 Å². The first-order valence-corrected chi connectivity index (χ1v) is 6.98. The number of carbonyl (C=O) groups is 1. The molecule has 1 aliphatic rings. The summed E-state index contributed by atoms with van der Waals surface area (Å²) in [7, 11) is 1.67. The number of carbonyl (C=O) groups excluding carboxylic acids is 1. The van der Waals surface area contributed by atoms with Crippen LogP contribution in [0.2, 0.25) is 0 Å². The number of para-hydroxylation sites is 1. The van der Waals surface area contributed by atoms with E-state index in [0.717, 1.165) is 37.1 Å². The number of nitrogens with one attached hydrogen (secondary N) is 1. The topological polar surface area (TPSA) is 64.3 Å². The Morgan fingerprint density at radius 1 is 1.45 bits per heavy atom. The van der Waals surface area contributed by atoms with Gasteiger partial charge in [-0.2, -0.15) is 0 Å². The molecule has 0 aliphatic heterocycles. The first-order valence-electron chi connectivity index (χ1n) is 6.98. The molecule has 1 amide bonds. The normalized spacial score (nSPS) is 16.9. The Morgan fingerprint density at radius 2 is 2.20 bits per heavy atom. The van der Waals surface area contributed by atoms with Crippen LogP contribution in [-0.4, -0.2) is 25.1 Å². The highest BCUT2D eigenvalue weighted by molar-refractivity contribution is 5.75.